The summed E-state index contributed by atoms with van der Waals surface area (Å²) in [5, 5.41) is 10.5. The van der Waals surface area contributed by atoms with Gasteiger partial charge in [0.05, 0.1) is 10.6 Å². The molecule has 1 amide bonds. The molecule has 1 aliphatic rings. The van der Waals surface area contributed by atoms with Crippen LogP contribution in [0.25, 0.3) is 0 Å². The zero-order valence-electron chi connectivity index (χ0n) is 11.2. The number of nitrogen functional groups attached to an aromatic ring is 1. The van der Waals surface area contributed by atoms with Gasteiger partial charge in [0.2, 0.25) is 0 Å². The smallest absolute Gasteiger partial charge is 0.263 e. The molecule has 19 heavy (non-hydrogen) atoms. The Labute approximate surface area is 121 Å². The van der Waals surface area contributed by atoms with E-state index in [2.05, 4.69) is 16.0 Å². The molecule has 0 aromatic carbocycles. The highest BCUT2D eigenvalue weighted by Crippen LogP contribution is 2.42. The number of carbonyl (C=O) groups excluding carboxylic acids is 1. The summed E-state index contributed by atoms with van der Waals surface area (Å²) in [5.74, 6) is -0.115. The van der Waals surface area contributed by atoms with Crippen molar-refractivity contribution >= 4 is 39.7 Å². The van der Waals surface area contributed by atoms with Gasteiger partial charge in [-0.05, 0) is 32.2 Å². The molecule has 0 spiro atoms. The van der Waals surface area contributed by atoms with Crippen LogP contribution in [0.15, 0.2) is 4.90 Å². The van der Waals surface area contributed by atoms with Crippen LogP contribution in [0.4, 0.5) is 10.7 Å². The Hall–Kier alpha value is -0.920. The third-order valence-corrected chi connectivity index (χ3v) is 5.31. The second-order valence-corrected chi connectivity index (χ2v) is 6.29. The van der Waals surface area contributed by atoms with Crippen LogP contribution < -0.4 is 21.7 Å². The number of nitrogens with one attached hydrogen (secondary N) is 3. The first kappa shape index (κ1) is 14.5. The van der Waals surface area contributed by atoms with Crippen molar-refractivity contribution in [1.82, 2.24) is 10.6 Å². The minimum atomic E-state index is -0.115. The third kappa shape index (κ3) is 3.16. The van der Waals surface area contributed by atoms with E-state index in [9.17, 15) is 4.79 Å². The normalized spacial score (nSPS) is 16.3. The van der Waals surface area contributed by atoms with Crippen LogP contribution in [-0.2, 0) is 0 Å². The van der Waals surface area contributed by atoms with Gasteiger partial charge in [-0.1, -0.05) is 0 Å². The van der Waals surface area contributed by atoms with Crippen LogP contribution in [0.3, 0.4) is 0 Å². The lowest BCUT2D eigenvalue weighted by atomic mass is 10.1. The van der Waals surface area contributed by atoms with Crippen molar-refractivity contribution in [1.29, 1.82) is 0 Å². The van der Waals surface area contributed by atoms with E-state index in [1.807, 2.05) is 6.26 Å². The molecule has 1 aromatic heterocycles. The van der Waals surface area contributed by atoms with Gasteiger partial charge in [-0.3, -0.25) is 4.79 Å². The van der Waals surface area contributed by atoms with E-state index in [-0.39, 0.29) is 5.91 Å². The van der Waals surface area contributed by atoms with Crippen LogP contribution in [0.1, 0.15) is 22.5 Å². The van der Waals surface area contributed by atoms with E-state index in [1.54, 1.807) is 18.8 Å². The number of hydrogen-bond donors (Lipinski definition) is 4. The van der Waals surface area contributed by atoms with Crippen LogP contribution >= 0.6 is 23.1 Å². The van der Waals surface area contributed by atoms with E-state index >= 15 is 0 Å². The third-order valence-electron chi connectivity index (χ3n) is 3.21. The maximum absolute atomic E-state index is 11.8. The maximum Gasteiger partial charge on any atom is 0.263 e. The molecular weight excluding hydrogens is 280 g/mol. The molecule has 1 aliphatic heterocycles. The van der Waals surface area contributed by atoms with Gasteiger partial charge < -0.3 is 21.7 Å². The first-order valence-corrected chi connectivity index (χ1v) is 8.37. The van der Waals surface area contributed by atoms with Crippen LogP contribution in [0.5, 0.6) is 0 Å². The standard InChI is InChI=1S/C12H20N4OS2/c1-14-11(17)9-8(13)10(18-2)12(19-9)16-7-3-5-15-6-4-7/h7,15-16H,3-6,13H2,1-2H3,(H,14,17). The Morgan fingerprint density at radius 2 is 2.16 bits per heavy atom. The molecule has 1 aromatic rings. The van der Waals surface area contributed by atoms with Gasteiger partial charge in [-0.2, -0.15) is 0 Å². The summed E-state index contributed by atoms with van der Waals surface area (Å²) >= 11 is 3.03. The Balaban J connectivity index is 2.21. The lowest BCUT2D eigenvalue weighted by Crippen LogP contribution is -2.35. The van der Waals surface area contributed by atoms with Gasteiger partial charge in [0.25, 0.3) is 5.91 Å². The van der Waals surface area contributed by atoms with E-state index < -0.39 is 0 Å². The molecule has 5 N–H and O–H groups in total. The first-order valence-electron chi connectivity index (χ1n) is 6.33. The number of thioether (sulfide) groups is 1. The Kier molecular flexibility index (Phi) is 4.95. The number of thiophene rings is 1. The zero-order chi connectivity index (χ0) is 13.8. The van der Waals surface area contributed by atoms with Crippen molar-refractivity contribution in [2.24, 2.45) is 0 Å². The molecule has 0 unspecified atom stereocenters. The number of hydrogen-bond acceptors (Lipinski definition) is 6. The second kappa shape index (κ2) is 6.49. The molecule has 2 heterocycles. The predicted molar refractivity (Wildman–Crippen MR) is 83.4 cm³/mol. The van der Waals surface area contributed by atoms with Gasteiger partial charge in [0.15, 0.2) is 0 Å². The topological polar surface area (TPSA) is 79.2 Å². The fourth-order valence-corrected chi connectivity index (χ4v) is 4.21. The highest BCUT2D eigenvalue weighted by atomic mass is 32.2. The van der Waals surface area contributed by atoms with Crippen LogP contribution in [-0.4, -0.2) is 38.3 Å². The van der Waals surface area contributed by atoms with Crippen LogP contribution in [0.2, 0.25) is 0 Å². The summed E-state index contributed by atoms with van der Waals surface area (Å²) in [6, 6.07) is 0.461. The second-order valence-electron chi connectivity index (χ2n) is 4.45. The number of amides is 1. The fraction of sp³-hybridized carbons (Fsp3) is 0.583. The summed E-state index contributed by atoms with van der Waals surface area (Å²) < 4.78 is 0. The number of piperidine rings is 1. The Bertz CT molecular complexity index is 455. The van der Waals surface area contributed by atoms with Gasteiger partial charge in [-0.15, -0.1) is 23.1 Å². The Morgan fingerprint density at radius 1 is 1.47 bits per heavy atom. The highest BCUT2D eigenvalue weighted by molar-refractivity contribution is 7.99. The molecule has 1 saturated heterocycles. The van der Waals surface area contributed by atoms with Crippen molar-refractivity contribution in [2.75, 3.05) is 37.4 Å². The molecular formula is C12H20N4OS2. The molecule has 106 valence electrons. The quantitative estimate of drug-likeness (QED) is 0.635. The molecule has 7 heteroatoms. The highest BCUT2D eigenvalue weighted by Gasteiger charge is 2.22. The van der Waals surface area contributed by atoms with Crippen molar-refractivity contribution in [3.05, 3.63) is 4.88 Å². The molecule has 5 nitrogen and oxygen atoms in total. The minimum absolute atomic E-state index is 0.115. The summed E-state index contributed by atoms with van der Waals surface area (Å²) in [5.41, 5.74) is 6.66. The first-order chi connectivity index (χ1) is 9.17. The average Bonchev–Trinajstić information content (AvgIpc) is 2.75. The summed E-state index contributed by atoms with van der Waals surface area (Å²) in [6.07, 6.45) is 4.18. The van der Waals surface area contributed by atoms with Crippen molar-refractivity contribution in [3.8, 4) is 0 Å². The molecule has 0 bridgehead atoms. The number of carbonyl (C=O) groups is 1. The summed E-state index contributed by atoms with van der Waals surface area (Å²) in [7, 11) is 1.63. The molecule has 0 aliphatic carbocycles. The van der Waals surface area contributed by atoms with Gasteiger partial charge in [-0.25, -0.2) is 0 Å². The number of anilines is 2. The predicted octanol–water partition coefficient (Wildman–Crippen LogP) is 1.58. The van der Waals surface area contributed by atoms with Crippen LogP contribution in [0, 0.1) is 0 Å². The maximum atomic E-state index is 11.8. The van der Waals surface area contributed by atoms with Crippen molar-refractivity contribution in [2.45, 2.75) is 23.8 Å². The molecule has 2 rings (SSSR count). The van der Waals surface area contributed by atoms with E-state index in [1.165, 1.54) is 11.3 Å². The van der Waals surface area contributed by atoms with E-state index in [0.717, 1.165) is 35.8 Å². The lowest BCUT2D eigenvalue weighted by molar-refractivity contribution is 0.0968. The van der Waals surface area contributed by atoms with Gasteiger partial charge in [0, 0.05) is 13.1 Å². The van der Waals surface area contributed by atoms with Crippen molar-refractivity contribution < 1.29 is 4.79 Å². The number of rotatable bonds is 4. The monoisotopic (exact) mass is 300 g/mol. The minimum Gasteiger partial charge on any atom is -0.396 e. The molecule has 0 radical (unpaired) electrons. The molecule has 0 atom stereocenters. The molecule has 1 fully saturated rings. The number of nitrogens with two attached hydrogens (primary N) is 1. The molecule has 0 saturated carbocycles. The SMILES string of the molecule is CNC(=O)c1sc(NC2CCNCC2)c(SC)c1N. The van der Waals surface area contributed by atoms with E-state index in [4.69, 9.17) is 5.73 Å². The van der Waals surface area contributed by atoms with Gasteiger partial charge in [0.1, 0.15) is 9.88 Å². The Morgan fingerprint density at radius 3 is 2.74 bits per heavy atom. The van der Waals surface area contributed by atoms with E-state index in [0.29, 0.717) is 16.6 Å². The summed E-state index contributed by atoms with van der Waals surface area (Å²) in [4.78, 5) is 13.4. The zero-order valence-corrected chi connectivity index (χ0v) is 12.8. The van der Waals surface area contributed by atoms with Gasteiger partial charge >= 0.3 is 0 Å². The van der Waals surface area contributed by atoms with Crippen molar-refractivity contribution in [3.63, 3.8) is 0 Å². The summed E-state index contributed by atoms with van der Waals surface area (Å²) in [6.45, 7) is 2.07. The fourth-order valence-electron chi connectivity index (χ4n) is 2.16. The largest absolute Gasteiger partial charge is 0.396 e. The average molecular weight is 300 g/mol. The lowest BCUT2D eigenvalue weighted by Gasteiger charge is -2.24.